The molecular weight excluding hydrogens is 541 g/mol. The Labute approximate surface area is 225 Å². The van der Waals surface area contributed by atoms with Gasteiger partial charge in [-0.05, 0) is 73.0 Å². The summed E-state index contributed by atoms with van der Waals surface area (Å²) < 4.78 is 50.3. The fraction of sp³-hybridized carbons (Fsp3) is 0.154. The van der Waals surface area contributed by atoms with Crippen molar-refractivity contribution in [3.63, 3.8) is 0 Å². The summed E-state index contributed by atoms with van der Waals surface area (Å²) in [7, 11) is 1.34. The molecule has 38 heavy (non-hydrogen) atoms. The first-order valence-corrected chi connectivity index (χ1v) is 12.2. The minimum absolute atomic E-state index is 0.0372. The molecule has 1 saturated heterocycles. The van der Waals surface area contributed by atoms with E-state index in [1.165, 1.54) is 24.1 Å². The van der Waals surface area contributed by atoms with Gasteiger partial charge in [-0.25, -0.2) is 0 Å². The van der Waals surface area contributed by atoms with Crippen LogP contribution in [0.5, 0.6) is 17.2 Å². The molecule has 0 radical (unpaired) electrons. The van der Waals surface area contributed by atoms with E-state index in [2.05, 4.69) is 0 Å². The molecule has 4 rings (SSSR count). The number of rotatable bonds is 6. The quantitative estimate of drug-likeness (QED) is 0.134. The SMILES string of the molecule is COc1cc(/C=C2/SC(=S)N(c3ccc(C)c(C)c3)C2=O)ccc1Oc1ccc(C(F)(F)F)cc1[N+](=O)[O-]. The Morgan fingerprint density at radius 2 is 1.71 bits per heavy atom. The fourth-order valence-corrected chi connectivity index (χ4v) is 4.90. The Morgan fingerprint density at radius 1 is 1.00 bits per heavy atom. The number of carbonyl (C=O) groups is 1. The van der Waals surface area contributed by atoms with E-state index in [0.717, 1.165) is 29.0 Å². The average molecular weight is 561 g/mol. The highest BCUT2D eigenvalue weighted by molar-refractivity contribution is 8.27. The van der Waals surface area contributed by atoms with E-state index in [4.69, 9.17) is 21.7 Å². The van der Waals surface area contributed by atoms with Gasteiger partial charge in [-0.3, -0.25) is 19.8 Å². The number of alkyl halides is 3. The molecule has 0 atom stereocenters. The number of anilines is 1. The van der Waals surface area contributed by atoms with Crippen molar-refractivity contribution in [3.8, 4) is 17.2 Å². The Hall–Kier alpha value is -3.90. The van der Waals surface area contributed by atoms with Crippen LogP contribution < -0.4 is 14.4 Å². The van der Waals surface area contributed by atoms with Gasteiger partial charge in [0.15, 0.2) is 15.8 Å². The predicted octanol–water partition coefficient (Wildman–Crippen LogP) is 7.44. The number of nitro groups is 1. The van der Waals surface area contributed by atoms with Crippen molar-refractivity contribution in [2.45, 2.75) is 20.0 Å². The predicted molar refractivity (Wildman–Crippen MR) is 143 cm³/mol. The van der Waals surface area contributed by atoms with E-state index in [1.807, 2.05) is 32.0 Å². The monoisotopic (exact) mass is 560 g/mol. The Kier molecular flexibility index (Phi) is 7.47. The van der Waals surface area contributed by atoms with Crippen molar-refractivity contribution >= 4 is 51.7 Å². The summed E-state index contributed by atoms with van der Waals surface area (Å²) in [5.41, 5.74) is 1.31. The molecule has 0 spiro atoms. The number of aryl methyl sites for hydroxylation is 2. The Bertz CT molecular complexity index is 1500. The highest BCUT2D eigenvalue weighted by Gasteiger charge is 2.34. The van der Waals surface area contributed by atoms with E-state index >= 15 is 0 Å². The molecular formula is C26H19F3N2O5S2. The van der Waals surface area contributed by atoms with Gasteiger partial charge in [0.25, 0.3) is 5.91 Å². The van der Waals surface area contributed by atoms with Crippen molar-refractivity contribution in [1.29, 1.82) is 0 Å². The number of thioether (sulfide) groups is 1. The number of halogens is 3. The zero-order valence-electron chi connectivity index (χ0n) is 20.2. The first-order chi connectivity index (χ1) is 17.9. The van der Waals surface area contributed by atoms with E-state index < -0.39 is 22.4 Å². The first kappa shape index (κ1) is 27.1. The third-order valence-electron chi connectivity index (χ3n) is 5.73. The molecule has 0 saturated carbocycles. The number of benzene rings is 3. The number of thiocarbonyl (C=S) groups is 1. The molecule has 0 bridgehead atoms. The lowest BCUT2D eigenvalue weighted by molar-refractivity contribution is -0.385. The summed E-state index contributed by atoms with van der Waals surface area (Å²) in [5, 5.41) is 11.4. The molecule has 12 heteroatoms. The maximum absolute atomic E-state index is 13.1. The molecule has 1 aliphatic heterocycles. The minimum Gasteiger partial charge on any atom is -0.493 e. The molecule has 1 heterocycles. The molecule has 0 aliphatic carbocycles. The summed E-state index contributed by atoms with van der Waals surface area (Å²) in [6, 6.07) is 12.2. The lowest BCUT2D eigenvalue weighted by Crippen LogP contribution is -2.27. The molecule has 0 N–H and O–H groups in total. The molecule has 3 aromatic rings. The topological polar surface area (TPSA) is 81.9 Å². The van der Waals surface area contributed by atoms with Crippen LogP contribution in [0.1, 0.15) is 22.3 Å². The lowest BCUT2D eigenvalue weighted by atomic mass is 10.1. The summed E-state index contributed by atoms with van der Waals surface area (Å²) >= 11 is 6.57. The second-order valence-electron chi connectivity index (χ2n) is 8.24. The third-order valence-corrected chi connectivity index (χ3v) is 7.03. The van der Waals surface area contributed by atoms with Crippen LogP contribution in [-0.2, 0) is 11.0 Å². The van der Waals surface area contributed by atoms with Crippen molar-refractivity contribution in [1.82, 2.24) is 0 Å². The fourth-order valence-electron chi connectivity index (χ4n) is 3.61. The Morgan fingerprint density at radius 3 is 2.34 bits per heavy atom. The van der Waals surface area contributed by atoms with Crippen LogP contribution in [0.25, 0.3) is 6.08 Å². The number of hydrogen-bond donors (Lipinski definition) is 0. The molecule has 0 aromatic heterocycles. The highest BCUT2D eigenvalue weighted by Crippen LogP contribution is 2.41. The number of methoxy groups -OCH3 is 1. The summed E-state index contributed by atoms with van der Waals surface area (Å²) in [6.45, 7) is 3.92. The van der Waals surface area contributed by atoms with Crippen LogP contribution in [0.3, 0.4) is 0 Å². The van der Waals surface area contributed by atoms with E-state index in [0.29, 0.717) is 32.6 Å². The standard InChI is InChI=1S/C26H19F3N2O5S2/c1-14-4-7-18(10-15(14)2)30-24(32)23(38-25(30)37)12-16-5-8-21(22(11-16)35-3)36-20-9-6-17(26(27,28)29)13-19(20)31(33)34/h4-13H,1-3H3/b23-12+. The largest absolute Gasteiger partial charge is 0.493 e. The Balaban J connectivity index is 1.62. The molecule has 3 aromatic carbocycles. The van der Waals surface area contributed by atoms with Crippen molar-refractivity contribution < 1.29 is 32.4 Å². The van der Waals surface area contributed by atoms with Crippen molar-refractivity contribution in [2.24, 2.45) is 0 Å². The van der Waals surface area contributed by atoms with Crippen LogP contribution >= 0.6 is 24.0 Å². The number of carbonyl (C=O) groups excluding carboxylic acids is 1. The summed E-state index contributed by atoms with van der Waals surface area (Å²) in [6.07, 6.45) is -3.13. The molecule has 1 amide bonds. The van der Waals surface area contributed by atoms with Gasteiger partial charge in [0.05, 0.1) is 28.2 Å². The number of hydrogen-bond acceptors (Lipinski definition) is 7. The first-order valence-electron chi connectivity index (χ1n) is 11.0. The second-order valence-corrected chi connectivity index (χ2v) is 9.91. The van der Waals surface area contributed by atoms with Crippen molar-refractivity contribution in [3.05, 3.63) is 91.9 Å². The number of nitro benzene ring substituents is 1. The molecule has 0 unspecified atom stereocenters. The van der Waals surface area contributed by atoms with E-state index in [-0.39, 0.29) is 23.2 Å². The smallest absolute Gasteiger partial charge is 0.416 e. The number of ether oxygens (including phenoxy) is 2. The highest BCUT2D eigenvalue weighted by atomic mass is 32.2. The van der Waals surface area contributed by atoms with Crippen LogP contribution in [0, 0.1) is 24.0 Å². The minimum atomic E-state index is -4.75. The van der Waals surface area contributed by atoms with E-state index in [1.54, 1.807) is 12.1 Å². The van der Waals surface area contributed by atoms with Gasteiger partial charge in [0.1, 0.15) is 0 Å². The van der Waals surface area contributed by atoms with Crippen LogP contribution in [0.2, 0.25) is 0 Å². The maximum Gasteiger partial charge on any atom is 0.416 e. The lowest BCUT2D eigenvalue weighted by Gasteiger charge is -2.16. The van der Waals surface area contributed by atoms with Gasteiger partial charge in [-0.2, -0.15) is 13.2 Å². The van der Waals surface area contributed by atoms with Crippen LogP contribution in [0.15, 0.2) is 59.5 Å². The summed E-state index contributed by atoms with van der Waals surface area (Å²) in [5.74, 6) is -0.487. The third kappa shape index (κ3) is 5.50. The second kappa shape index (κ2) is 10.5. The zero-order chi connectivity index (χ0) is 27.8. The van der Waals surface area contributed by atoms with E-state index in [9.17, 15) is 28.1 Å². The van der Waals surface area contributed by atoms with Crippen LogP contribution in [-0.4, -0.2) is 22.3 Å². The number of nitrogens with zero attached hydrogens (tertiary/aromatic N) is 2. The molecule has 1 aliphatic rings. The zero-order valence-corrected chi connectivity index (χ0v) is 21.8. The van der Waals surface area contributed by atoms with Crippen LogP contribution in [0.4, 0.5) is 24.5 Å². The van der Waals surface area contributed by atoms with Gasteiger partial charge in [-0.1, -0.05) is 36.1 Å². The van der Waals surface area contributed by atoms with Gasteiger partial charge in [0, 0.05) is 6.07 Å². The number of amides is 1. The van der Waals surface area contributed by atoms with Gasteiger partial charge in [0.2, 0.25) is 5.75 Å². The van der Waals surface area contributed by atoms with Gasteiger partial charge in [-0.15, -0.1) is 0 Å². The summed E-state index contributed by atoms with van der Waals surface area (Å²) in [4.78, 5) is 25.4. The molecule has 196 valence electrons. The van der Waals surface area contributed by atoms with Crippen molar-refractivity contribution in [2.75, 3.05) is 12.0 Å². The average Bonchev–Trinajstić information content (AvgIpc) is 3.13. The molecule has 1 fully saturated rings. The maximum atomic E-state index is 13.1. The normalized spacial score (nSPS) is 14.8. The molecule has 7 nitrogen and oxygen atoms in total. The van der Waals surface area contributed by atoms with Gasteiger partial charge < -0.3 is 9.47 Å². The van der Waals surface area contributed by atoms with Gasteiger partial charge >= 0.3 is 11.9 Å².